The van der Waals surface area contributed by atoms with Crippen molar-refractivity contribution >= 4 is 11.9 Å². The minimum atomic E-state index is -0.222. The largest absolute Gasteiger partial charge is 0.445 e. The molecule has 2 aromatic rings. The molecule has 0 aliphatic carbocycles. The van der Waals surface area contributed by atoms with Crippen molar-refractivity contribution in [3.63, 3.8) is 0 Å². The van der Waals surface area contributed by atoms with Crippen molar-refractivity contribution in [2.75, 3.05) is 24.5 Å². The van der Waals surface area contributed by atoms with E-state index in [1.165, 1.54) is 12.8 Å². The number of pyridine rings is 1. The van der Waals surface area contributed by atoms with E-state index >= 15 is 0 Å². The van der Waals surface area contributed by atoms with Crippen LogP contribution in [0.1, 0.15) is 49.3 Å². The van der Waals surface area contributed by atoms with Crippen molar-refractivity contribution < 1.29 is 9.53 Å². The zero-order chi connectivity index (χ0) is 18.5. The molecule has 0 saturated carbocycles. The minimum Gasteiger partial charge on any atom is -0.445 e. The van der Waals surface area contributed by atoms with Crippen molar-refractivity contribution in [1.29, 1.82) is 0 Å². The summed E-state index contributed by atoms with van der Waals surface area (Å²) in [5.74, 6) is 1.04. The van der Waals surface area contributed by atoms with Gasteiger partial charge in [0.2, 0.25) is 0 Å². The molecule has 27 heavy (non-hydrogen) atoms. The topological polar surface area (TPSA) is 45.7 Å². The van der Waals surface area contributed by atoms with Gasteiger partial charge in [0.15, 0.2) is 0 Å². The van der Waals surface area contributed by atoms with Gasteiger partial charge in [0, 0.05) is 31.4 Å². The fourth-order valence-electron chi connectivity index (χ4n) is 4.14. The summed E-state index contributed by atoms with van der Waals surface area (Å²) in [5.41, 5.74) is 2.18. The standard InChI is InChI=1S/C22H27N3O2/c26-22(27-17-18-9-2-1-3-10-18)25-16-5-4-12-20(25)19-11-8-13-23-21(19)24-14-6-7-15-24/h1-3,8-11,13,20H,4-7,12,14-17H2/t20-/m0/s1. The molecule has 2 fully saturated rings. The van der Waals surface area contributed by atoms with E-state index in [9.17, 15) is 4.79 Å². The normalized spacial score (nSPS) is 19.9. The summed E-state index contributed by atoms with van der Waals surface area (Å²) in [6, 6.07) is 14.0. The van der Waals surface area contributed by atoms with Gasteiger partial charge < -0.3 is 14.5 Å². The number of aromatic nitrogens is 1. The molecule has 0 spiro atoms. The van der Waals surface area contributed by atoms with Gasteiger partial charge in [0.1, 0.15) is 12.4 Å². The summed E-state index contributed by atoms with van der Waals surface area (Å²) >= 11 is 0. The van der Waals surface area contributed by atoms with E-state index in [1.807, 2.05) is 47.5 Å². The summed E-state index contributed by atoms with van der Waals surface area (Å²) in [7, 11) is 0. The predicted octanol–water partition coefficient (Wildman–Crippen LogP) is 4.55. The Labute approximate surface area is 161 Å². The first kappa shape index (κ1) is 17.8. The lowest BCUT2D eigenvalue weighted by Crippen LogP contribution is -2.39. The Morgan fingerprint density at radius 3 is 2.59 bits per heavy atom. The highest BCUT2D eigenvalue weighted by atomic mass is 16.6. The molecule has 5 heteroatoms. The average molecular weight is 365 g/mol. The number of rotatable bonds is 4. The van der Waals surface area contributed by atoms with Gasteiger partial charge in [-0.3, -0.25) is 0 Å². The number of anilines is 1. The lowest BCUT2D eigenvalue weighted by Gasteiger charge is -2.36. The fraction of sp³-hybridized carbons (Fsp3) is 0.455. The molecule has 5 nitrogen and oxygen atoms in total. The molecule has 4 rings (SSSR count). The first-order valence-corrected chi connectivity index (χ1v) is 10.00. The highest BCUT2D eigenvalue weighted by Gasteiger charge is 2.32. The number of benzene rings is 1. The van der Waals surface area contributed by atoms with Crippen molar-refractivity contribution in [1.82, 2.24) is 9.88 Å². The maximum atomic E-state index is 12.9. The number of amides is 1. The zero-order valence-electron chi connectivity index (χ0n) is 15.7. The van der Waals surface area contributed by atoms with Gasteiger partial charge in [0.25, 0.3) is 0 Å². The molecule has 1 aromatic carbocycles. The Bertz CT molecular complexity index is 759. The smallest absolute Gasteiger partial charge is 0.410 e. The molecule has 2 saturated heterocycles. The number of likely N-dealkylation sites (tertiary alicyclic amines) is 1. The zero-order valence-corrected chi connectivity index (χ0v) is 15.7. The van der Waals surface area contributed by atoms with Crippen molar-refractivity contribution in [2.24, 2.45) is 0 Å². The SMILES string of the molecule is O=C(OCc1ccccc1)N1CCCC[C@H]1c1cccnc1N1CCCC1. The second kappa shape index (κ2) is 8.42. The second-order valence-electron chi connectivity index (χ2n) is 7.36. The number of carbonyl (C=O) groups excluding carboxylic acids is 1. The summed E-state index contributed by atoms with van der Waals surface area (Å²) in [4.78, 5) is 21.8. The summed E-state index contributed by atoms with van der Waals surface area (Å²) in [5, 5.41) is 0. The molecular weight excluding hydrogens is 338 g/mol. The van der Waals surface area contributed by atoms with Gasteiger partial charge in [-0.25, -0.2) is 9.78 Å². The maximum Gasteiger partial charge on any atom is 0.410 e. The first-order valence-electron chi connectivity index (χ1n) is 10.00. The van der Waals surface area contributed by atoms with Crippen LogP contribution in [0.2, 0.25) is 0 Å². The van der Waals surface area contributed by atoms with Crippen LogP contribution in [0.25, 0.3) is 0 Å². The van der Waals surface area contributed by atoms with Crippen LogP contribution in [0.4, 0.5) is 10.6 Å². The van der Waals surface area contributed by atoms with Crippen molar-refractivity contribution in [3.05, 3.63) is 59.8 Å². The third kappa shape index (κ3) is 4.07. The highest BCUT2D eigenvalue weighted by Crippen LogP contribution is 2.36. The molecule has 1 atom stereocenters. The van der Waals surface area contributed by atoms with E-state index in [1.54, 1.807) is 0 Å². The van der Waals surface area contributed by atoms with E-state index in [0.717, 1.165) is 55.8 Å². The Morgan fingerprint density at radius 1 is 1.00 bits per heavy atom. The molecule has 2 aliphatic rings. The highest BCUT2D eigenvalue weighted by molar-refractivity contribution is 5.69. The number of hydrogen-bond donors (Lipinski definition) is 0. The van der Waals surface area contributed by atoms with Gasteiger partial charge >= 0.3 is 6.09 Å². The van der Waals surface area contributed by atoms with Crippen LogP contribution >= 0.6 is 0 Å². The van der Waals surface area contributed by atoms with Crippen LogP contribution in [-0.4, -0.2) is 35.6 Å². The van der Waals surface area contributed by atoms with Crippen LogP contribution in [0.5, 0.6) is 0 Å². The summed E-state index contributed by atoms with van der Waals surface area (Å²) in [6.07, 6.45) is 7.18. The lowest BCUT2D eigenvalue weighted by molar-refractivity contribution is 0.0679. The molecule has 1 amide bonds. The summed E-state index contributed by atoms with van der Waals surface area (Å²) < 4.78 is 5.64. The van der Waals surface area contributed by atoms with Crippen LogP contribution in [-0.2, 0) is 11.3 Å². The van der Waals surface area contributed by atoms with Gasteiger partial charge in [-0.15, -0.1) is 0 Å². The Hall–Kier alpha value is -2.56. The van der Waals surface area contributed by atoms with E-state index in [0.29, 0.717) is 6.61 Å². The number of ether oxygens (including phenoxy) is 1. The van der Waals surface area contributed by atoms with Crippen molar-refractivity contribution in [3.8, 4) is 0 Å². The molecule has 3 heterocycles. The molecular formula is C22H27N3O2. The van der Waals surface area contributed by atoms with Crippen LogP contribution < -0.4 is 4.90 Å². The number of carbonyl (C=O) groups is 1. The molecule has 142 valence electrons. The third-order valence-electron chi connectivity index (χ3n) is 5.52. The fourth-order valence-corrected chi connectivity index (χ4v) is 4.14. The molecule has 0 radical (unpaired) electrons. The van der Waals surface area contributed by atoms with Gasteiger partial charge in [-0.1, -0.05) is 36.4 Å². The number of piperidine rings is 1. The van der Waals surface area contributed by atoms with E-state index in [-0.39, 0.29) is 12.1 Å². The van der Waals surface area contributed by atoms with Crippen LogP contribution in [0.3, 0.4) is 0 Å². The quantitative estimate of drug-likeness (QED) is 0.798. The minimum absolute atomic E-state index is 0.0475. The molecule has 0 bridgehead atoms. The average Bonchev–Trinajstić information content (AvgIpc) is 3.27. The first-order chi connectivity index (χ1) is 13.3. The molecule has 0 N–H and O–H groups in total. The molecule has 1 aromatic heterocycles. The van der Waals surface area contributed by atoms with Gasteiger partial charge in [-0.05, 0) is 43.7 Å². The van der Waals surface area contributed by atoms with E-state index < -0.39 is 0 Å². The lowest BCUT2D eigenvalue weighted by atomic mass is 9.95. The van der Waals surface area contributed by atoms with Crippen LogP contribution in [0.15, 0.2) is 48.7 Å². The predicted molar refractivity (Wildman–Crippen MR) is 106 cm³/mol. The van der Waals surface area contributed by atoms with Gasteiger partial charge in [-0.2, -0.15) is 0 Å². The Morgan fingerprint density at radius 2 is 1.78 bits per heavy atom. The van der Waals surface area contributed by atoms with Gasteiger partial charge in [0.05, 0.1) is 6.04 Å². The van der Waals surface area contributed by atoms with E-state index in [4.69, 9.17) is 4.74 Å². The second-order valence-corrected chi connectivity index (χ2v) is 7.36. The Kier molecular flexibility index (Phi) is 5.56. The summed E-state index contributed by atoms with van der Waals surface area (Å²) in [6.45, 7) is 3.16. The molecule has 0 unspecified atom stereocenters. The van der Waals surface area contributed by atoms with E-state index in [2.05, 4.69) is 16.0 Å². The Balaban J connectivity index is 1.51. The van der Waals surface area contributed by atoms with Crippen molar-refractivity contribution in [2.45, 2.75) is 44.8 Å². The van der Waals surface area contributed by atoms with Crippen LogP contribution in [0, 0.1) is 0 Å². The third-order valence-corrected chi connectivity index (χ3v) is 5.52. The number of hydrogen-bond acceptors (Lipinski definition) is 4. The molecule has 2 aliphatic heterocycles. The monoisotopic (exact) mass is 365 g/mol. The number of nitrogens with zero attached hydrogens (tertiary/aromatic N) is 3. The maximum absolute atomic E-state index is 12.9.